The van der Waals surface area contributed by atoms with Crippen molar-refractivity contribution in [2.75, 3.05) is 19.6 Å². The number of amides is 2. The lowest BCUT2D eigenvalue weighted by Crippen LogP contribution is -2.59. The Bertz CT molecular complexity index is 820. The molecular formula is C21H23N3O3. The third kappa shape index (κ3) is 4.28. The van der Waals surface area contributed by atoms with Gasteiger partial charge in [0, 0.05) is 31.2 Å². The van der Waals surface area contributed by atoms with Gasteiger partial charge in [-0.2, -0.15) is 0 Å². The summed E-state index contributed by atoms with van der Waals surface area (Å²) in [5.74, 6) is 1.09. The quantitative estimate of drug-likeness (QED) is 0.852. The smallest absolute Gasteiger partial charge is 0.254 e. The van der Waals surface area contributed by atoms with Gasteiger partial charge in [-0.15, -0.1) is 0 Å². The van der Waals surface area contributed by atoms with Crippen LogP contribution < -0.4 is 15.4 Å². The molecule has 0 spiro atoms. The van der Waals surface area contributed by atoms with Crippen molar-refractivity contribution in [1.82, 2.24) is 15.5 Å². The number of hydrogen-bond acceptors (Lipinski definition) is 4. The summed E-state index contributed by atoms with van der Waals surface area (Å²) in [6.45, 7) is 1.66. The molecule has 6 nitrogen and oxygen atoms in total. The number of hydrogen-bond donors (Lipinski definition) is 2. The van der Waals surface area contributed by atoms with E-state index in [9.17, 15) is 9.59 Å². The highest BCUT2D eigenvalue weighted by Crippen LogP contribution is 2.23. The topological polar surface area (TPSA) is 70.7 Å². The fourth-order valence-electron chi connectivity index (χ4n) is 3.19. The standard InChI is InChI=1S/C21H23N3O3/c25-20(23-16-9-10-16)19-14-22-11-12-24(19)21(26)15-5-4-8-18(13-15)27-17-6-2-1-3-7-17/h1-8,13,16,19,22H,9-12,14H2,(H,23,25). The minimum atomic E-state index is -0.481. The fourth-order valence-corrected chi connectivity index (χ4v) is 3.19. The Hall–Kier alpha value is -2.86. The van der Waals surface area contributed by atoms with Crippen LogP contribution in [0.5, 0.6) is 11.5 Å². The Kier molecular flexibility index (Phi) is 5.07. The van der Waals surface area contributed by atoms with Crippen LogP contribution in [0.2, 0.25) is 0 Å². The molecule has 2 fully saturated rings. The van der Waals surface area contributed by atoms with Crippen LogP contribution in [0.1, 0.15) is 23.2 Å². The number of carbonyl (C=O) groups excluding carboxylic acids is 2. The second-order valence-electron chi connectivity index (χ2n) is 6.94. The molecule has 4 rings (SSSR count). The summed E-state index contributed by atoms with van der Waals surface area (Å²) < 4.78 is 5.83. The van der Waals surface area contributed by atoms with E-state index in [1.54, 1.807) is 23.1 Å². The molecular weight excluding hydrogens is 342 g/mol. The monoisotopic (exact) mass is 365 g/mol. The van der Waals surface area contributed by atoms with Crippen molar-refractivity contribution in [3.05, 3.63) is 60.2 Å². The zero-order chi connectivity index (χ0) is 18.6. The van der Waals surface area contributed by atoms with Gasteiger partial charge in [0.2, 0.25) is 5.91 Å². The summed E-state index contributed by atoms with van der Waals surface area (Å²) in [7, 11) is 0. The first-order chi connectivity index (χ1) is 13.2. The fraction of sp³-hybridized carbons (Fsp3) is 0.333. The van der Waals surface area contributed by atoms with Crippen LogP contribution in [0, 0.1) is 0 Å². The van der Waals surface area contributed by atoms with E-state index < -0.39 is 6.04 Å². The molecule has 1 atom stereocenters. The Morgan fingerprint density at radius 3 is 2.59 bits per heavy atom. The summed E-state index contributed by atoms with van der Waals surface area (Å²) in [4.78, 5) is 27.3. The van der Waals surface area contributed by atoms with E-state index in [0.717, 1.165) is 12.8 Å². The lowest BCUT2D eigenvalue weighted by Gasteiger charge is -2.35. The number of nitrogens with one attached hydrogen (secondary N) is 2. The molecule has 1 aliphatic carbocycles. The van der Waals surface area contributed by atoms with Crippen molar-refractivity contribution < 1.29 is 14.3 Å². The number of ether oxygens (including phenoxy) is 1. The Morgan fingerprint density at radius 1 is 1.04 bits per heavy atom. The van der Waals surface area contributed by atoms with E-state index in [2.05, 4.69) is 10.6 Å². The minimum absolute atomic E-state index is 0.0743. The second-order valence-corrected chi connectivity index (χ2v) is 6.94. The van der Waals surface area contributed by atoms with Gasteiger partial charge in [-0.25, -0.2) is 0 Å². The molecule has 6 heteroatoms. The molecule has 140 valence electrons. The first kappa shape index (κ1) is 17.5. The van der Waals surface area contributed by atoms with Gasteiger partial charge in [0.15, 0.2) is 0 Å². The molecule has 2 aromatic rings. The zero-order valence-electron chi connectivity index (χ0n) is 15.1. The molecule has 2 aliphatic rings. The number of piperazine rings is 1. The third-order valence-corrected chi connectivity index (χ3v) is 4.79. The number of benzene rings is 2. The Labute approximate surface area is 158 Å². The largest absolute Gasteiger partial charge is 0.457 e. The van der Waals surface area contributed by atoms with E-state index >= 15 is 0 Å². The van der Waals surface area contributed by atoms with Gasteiger partial charge in [-0.1, -0.05) is 24.3 Å². The summed E-state index contributed by atoms with van der Waals surface area (Å²) in [6, 6.07) is 16.3. The molecule has 1 heterocycles. The van der Waals surface area contributed by atoms with Crippen LogP contribution in [0.3, 0.4) is 0 Å². The van der Waals surface area contributed by atoms with Gasteiger partial charge in [0.25, 0.3) is 5.91 Å². The SMILES string of the molecule is O=C(NC1CC1)C1CNCCN1C(=O)c1cccc(Oc2ccccc2)c1. The third-order valence-electron chi connectivity index (χ3n) is 4.79. The van der Waals surface area contributed by atoms with Crippen LogP contribution in [0.15, 0.2) is 54.6 Å². The summed E-state index contributed by atoms with van der Waals surface area (Å²) in [5.41, 5.74) is 0.523. The van der Waals surface area contributed by atoms with Gasteiger partial charge >= 0.3 is 0 Å². The lowest BCUT2D eigenvalue weighted by molar-refractivity contribution is -0.126. The minimum Gasteiger partial charge on any atom is -0.457 e. The van der Waals surface area contributed by atoms with Crippen molar-refractivity contribution in [2.24, 2.45) is 0 Å². The average molecular weight is 365 g/mol. The molecule has 2 amide bonds. The molecule has 0 bridgehead atoms. The van der Waals surface area contributed by atoms with E-state index in [1.165, 1.54) is 0 Å². The number of nitrogens with zero attached hydrogens (tertiary/aromatic N) is 1. The first-order valence-corrected chi connectivity index (χ1v) is 9.36. The highest BCUT2D eigenvalue weighted by molar-refractivity contribution is 5.98. The first-order valence-electron chi connectivity index (χ1n) is 9.36. The van der Waals surface area contributed by atoms with Gasteiger partial charge < -0.3 is 20.3 Å². The van der Waals surface area contributed by atoms with Crippen LogP contribution in [-0.2, 0) is 4.79 Å². The Balaban J connectivity index is 1.50. The average Bonchev–Trinajstić information content (AvgIpc) is 3.52. The maximum atomic E-state index is 13.1. The van der Waals surface area contributed by atoms with Crippen LogP contribution in [0.25, 0.3) is 0 Å². The normalized spacial score (nSPS) is 19.4. The van der Waals surface area contributed by atoms with Crippen molar-refractivity contribution in [1.29, 1.82) is 0 Å². The van der Waals surface area contributed by atoms with Crippen molar-refractivity contribution in [3.8, 4) is 11.5 Å². The van der Waals surface area contributed by atoms with E-state index in [4.69, 9.17) is 4.74 Å². The van der Waals surface area contributed by atoms with E-state index in [0.29, 0.717) is 36.7 Å². The molecule has 1 unspecified atom stereocenters. The molecule has 1 saturated heterocycles. The molecule has 2 aromatic carbocycles. The maximum Gasteiger partial charge on any atom is 0.254 e. The van der Waals surface area contributed by atoms with Gasteiger partial charge in [0.05, 0.1) is 0 Å². The molecule has 0 radical (unpaired) electrons. The molecule has 2 N–H and O–H groups in total. The van der Waals surface area contributed by atoms with Crippen LogP contribution in [0.4, 0.5) is 0 Å². The van der Waals surface area contributed by atoms with Crippen LogP contribution in [-0.4, -0.2) is 48.4 Å². The van der Waals surface area contributed by atoms with Crippen molar-refractivity contribution in [2.45, 2.75) is 24.9 Å². The molecule has 27 heavy (non-hydrogen) atoms. The summed E-state index contributed by atoms with van der Waals surface area (Å²) >= 11 is 0. The lowest BCUT2D eigenvalue weighted by atomic mass is 10.1. The van der Waals surface area contributed by atoms with Gasteiger partial charge in [0.1, 0.15) is 17.5 Å². The summed E-state index contributed by atoms with van der Waals surface area (Å²) in [6.07, 6.45) is 2.05. The second kappa shape index (κ2) is 7.80. The number of para-hydroxylation sites is 1. The molecule has 1 saturated carbocycles. The van der Waals surface area contributed by atoms with Gasteiger partial charge in [-0.3, -0.25) is 9.59 Å². The van der Waals surface area contributed by atoms with Crippen molar-refractivity contribution >= 4 is 11.8 Å². The van der Waals surface area contributed by atoms with Gasteiger partial charge in [-0.05, 0) is 43.2 Å². The predicted molar refractivity (Wildman–Crippen MR) is 102 cm³/mol. The van der Waals surface area contributed by atoms with E-state index in [-0.39, 0.29) is 17.9 Å². The zero-order valence-corrected chi connectivity index (χ0v) is 15.1. The molecule has 1 aliphatic heterocycles. The highest BCUT2D eigenvalue weighted by Gasteiger charge is 2.35. The predicted octanol–water partition coefficient (Wildman–Crippen LogP) is 2.17. The number of rotatable bonds is 5. The van der Waals surface area contributed by atoms with E-state index in [1.807, 2.05) is 36.4 Å². The Morgan fingerprint density at radius 2 is 1.81 bits per heavy atom. The highest BCUT2D eigenvalue weighted by atomic mass is 16.5. The summed E-state index contributed by atoms with van der Waals surface area (Å²) in [5, 5.41) is 6.22. The number of carbonyl (C=O) groups is 2. The van der Waals surface area contributed by atoms with Crippen molar-refractivity contribution in [3.63, 3.8) is 0 Å². The maximum absolute atomic E-state index is 13.1. The molecule has 0 aromatic heterocycles. The van der Waals surface area contributed by atoms with Crippen LogP contribution >= 0.6 is 0 Å².